The van der Waals surface area contributed by atoms with Crippen LogP contribution in [0, 0.1) is 0 Å². The van der Waals surface area contributed by atoms with Crippen LogP contribution in [0.2, 0.25) is 0 Å². The van der Waals surface area contributed by atoms with Gasteiger partial charge in [-0.15, -0.1) is 0 Å². The molecule has 0 bridgehead atoms. The Bertz CT molecular complexity index is 1040. The molecule has 6 heteroatoms. The van der Waals surface area contributed by atoms with E-state index < -0.39 is 0 Å². The number of nitrogens with zero attached hydrogens (tertiary/aromatic N) is 2. The molecule has 2 heterocycles. The molecule has 2 aromatic carbocycles. The van der Waals surface area contributed by atoms with Gasteiger partial charge in [-0.05, 0) is 36.3 Å². The number of carbonyl (C=O) groups is 2. The monoisotopic (exact) mass is 374 g/mol. The quantitative estimate of drug-likeness (QED) is 0.731. The van der Waals surface area contributed by atoms with Crippen LogP contribution < -0.4 is 5.32 Å². The first-order valence-corrected chi connectivity index (χ1v) is 9.33. The minimum absolute atomic E-state index is 0.0890. The Morgan fingerprint density at radius 1 is 1.18 bits per heavy atom. The number of fused-ring (bicyclic) bond motifs is 2. The van der Waals surface area contributed by atoms with Gasteiger partial charge in [-0.3, -0.25) is 9.59 Å². The molecule has 4 rings (SSSR count). The summed E-state index contributed by atoms with van der Waals surface area (Å²) < 4.78 is 0. The van der Waals surface area contributed by atoms with Crippen molar-refractivity contribution in [1.29, 1.82) is 0 Å². The average molecular weight is 374 g/mol. The summed E-state index contributed by atoms with van der Waals surface area (Å²) in [5, 5.41) is 3.00. The summed E-state index contributed by atoms with van der Waals surface area (Å²) in [6.45, 7) is 3.41. The molecule has 0 spiro atoms. The smallest absolute Gasteiger partial charge is 0.223 e. The lowest BCUT2D eigenvalue weighted by molar-refractivity contribution is -0.130. The number of para-hydroxylation sites is 2. The van der Waals surface area contributed by atoms with E-state index in [1.807, 2.05) is 61.5 Å². The summed E-state index contributed by atoms with van der Waals surface area (Å²) in [7, 11) is 0. The van der Waals surface area contributed by atoms with Gasteiger partial charge in [0.15, 0.2) is 0 Å². The standard InChI is InChI=1S/C22H22N4O2/c1-14(22-24-18-9-5-6-10-19(18)25-22)23-21(28)13-20-17-8-4-3-7-16(17)11-12-26(20)15(2)27/h3-12,14,20H,13H2,1-2H3,(H,23,28)(H,24,25)/t14-,20-/m1/s1. The van der Waals surface area contributed by atoms with E-state index in [9.17, 15) is 9.59 Å². The predicted octanol–water partition coefficient (Wildman–Crippen LogP) is 3.70. The largest absolute Gasteiger partial charge is 0.346 e. The minimum Gasteiger partial charge on any atom is -0.346 e. The van der Waals surface area contributed by atoms with Crippen molar-refractivity contribution in [3.05, 3.63) is 71.7 Å². The summed E-state index contributed by atoms with van der Waals surface area (Å²) in [5.74, 6) is 0.491. The summed E-state index contributed by atoms with van der Waals surface area (Å²) in [6, 6.07) is 15.0. The highest BCUT2D eigenvalue weighted by Gasteiger charge is 2.28. The van der Waals surface area contributed by atoms with E-state index in [4.69, 9.17) is 0 Å². The molecule has 1 aliphatic heterocycles. The van der Waals surface area contributed by atoms with Gasteiger partial charge in [-0.2, -0.15) is 0 Å². The lowest BCUT2D eigenvalue weighted by atomic mass is 9.93. The van der Waals surface area contributed by atoms with Gasteiger partial charge >= 0.3 is 0 Å². The number of aromatic amines is 1. The number of carbonyl (C=O) groups excluding carboxylic acids is 2. The molecule has 1 aliphatic rings. The number of hydrogen-bond acceptors (Lipinski definition) is 3. The van der Waals surface area contributed by atoms with E-state index in [1.54, 1.807) is 11.1 Å². The highest BCUT2D eigenvalue weighted by atomic mass is 16.2. The molecule has 28 heavy (non-hydrogen) atoms. The first kappa shape index (κ1) is 18.0. The van der Waals surface area contributed by atoms with E-state index in [0.29, 0.717) is 5.82 Å². The first-order chi connectivity index (χ1) is 13.5. The number of benzene rings is 2. The third kappa shape index (κ3) is 3.41. The number of nitrogens with one attached hydrogen (secondary N) is 2. The van der Waals surface area contributed by atoms with Gasteiger partial charge in [-0.1, -0.05) is 36.4 Å². The molecule has 6 nitrogen and oxygen atoms in total. The van der Waals surface area contributed by atoms with E-state index in [-0.39, 0.29) is 30.3 Å². The van der Waals surface area contributed by atoms with Crippen molar-refractivity contribution in [1.82, 2.24) is 20.2 Å². The fraction of sp³-hybridized carbons (Fsp3) is 0.227. The Kier molecular flexibility index (Phi) is 4.69. The van der Waals surface area contributed by atoms with Crippen molar-refractivity contribution in [3.8, 4) is 0 Å². The lowest BCUT2D eigenvalue weighted by Crippen LogP contribution is -2.36. The zero-order valence-electron chi connectivity index (χ0n) is 15.8. The number of rotatable bonds is 4. The Labute approximate surface area is 163 Å². The van der Waals surface area contributed by atoms with Crippen molar-refractivity contribution in [3.63, 3.8) is 0 Å². The van der Waals surface area contributed by atoms with Crippen LogP contribution in [0.1, 0.15) is 49.3 Å². The Hall–Kier alpha value is -3.41. The van der Waals surface area contributed by atoms with Gasteiger partial charge in [0.05, 0.1) is 29.5 Å². The second kappa shape index (κ2) is 7.31. The van der Waals surface area contributed by atoms with Crippen molar-refractivity contribution in [2.75, 3.05) is 0 Å². The van der Waals surface area contributed by atoms with Crippen LogP contribution in [-0.2, 0) is 9.59 Å². The molecule has 0 saturated carbocycles. The summed E-state index contributed by atoms with van der Waals surface area (Å²) in [5.41, 5.74) is 3.82. The topological polar surface area (TPSA) is 78.1 Å². The van der Waals surface area contributed by atoms with Gasteiger partial charge in [0.1, 0.15) is 5.82 Å². The van der Waals surface area contributed by atoms with Gasteiger partial charge in [0.25, 0.3) is 0 Å². The summed E-state index contributed by atoms with van der Waals surface area (Å²) in [6.07, 6.45) is 3.85. The van der Waals surface area contributed by atoms with Crippen molar-refractivity contribution >= 4 is 28.9 Å². The second-order valence-corrected chi connectivity index (χ2v) is 7.02. The van der Waals surface area contributed by atoms with Gasteiger partial charge in [0.2, 0.25) is 11.8 Å². The van der Waals surface area contributed by atoms with Gasteiger partial charge in [-0.25, -0.2) is 4.98 Å². The van der Waals surface area contributed by atoms with Crippen LogP contribution >= 0.6 is 0 Å². The number of hydrogen-bond donors (Lipinski definition) is 2. The normalized spacial score (nSPS) is 16.6. The van der Waals surface area contributed by atoms with Crippen molar-refractivity contribution < 1.29 is 9.59 Å². The number of H-pyrrole nitrogens is 1. The Morgan fingerprint density at radius 3 is 2.71 bits per heavy atom. The molecule has 0 unspecified atom stereocenters. The van der Waals surface area contributed by atoms with E-state index in [0.717, 1.165) is 22.2 Å². The highest BCUT2D eigenvalue weighted by molar-refractivity contribution is 5.82. The lowest BCUT2D eigenvalue weighted by Gasteiger charge is -2.32. The first-order valence-electron chi connectivity index (χ1n) is 9.33. The van der Waals surface area contributed by atoms with Crippen molar-refractivity contribution in [2.24, 2.45) is 0 Å². The zero-order chi connectivity index (χ0) is 19.7. The van der Waals surface area contributed by atoms with Crippen LogP contribution in [0.5, 0.6) is 0 Å². The fourth-order valence-corrected chi connectivity index (χ4v) is 3.64. The third-order valence-electron chi connectivity index (χ3n) is 5.04. The molecule has 0 saturated heterocycles. The maximum absolute atomic E-state index is 12.8. The number of aromatic nitrogens is 2. The predicted molar refractivity (Wildman–Crippen MR) is 108 cm³/mol. The molecule has 2 amide bonds. The fourth-order valence-electron chi connectivity index (χ4n) is 3.64. The molecule has 3 aromatic rings. The van der Waals surface area contributed by atoms with E-state index >= 15 is 0 Å². The van der Waals surface area contributed by atoms with Crippen LogP contribution in [0.25, 0.3) is 17.1 Å². The molecule has 0 radical (unpaired) electrons. The number of imidazole rings is 1. The third-order valence-corrected chi connectivity index (χ3v) is 5.04. The molecule has 0 aliphatic carbocycles. The van der Waals surface area contributed by atoms with Crippen LogP contribution in [0.4, 0.5) is 0 Å². The van der Waals surface area contributed by atoms with Gasteiger partial charge < -0.3 is 15.2 Å². The molecular weight excluding hydrogens is 352 g/mol. The highest BCUT2D eigenvalue weighted by Crippen LogP contribution is 2.33. The zero-order valence-corrected chi connectivity index (χ0v) is 15.8. The molecule has 0 fully saturated rings. The van der Waals surface area contributed by atoms with Crippen molar-refractivity contribution in [2.45, 2.75) is 32.4 Å². The minimum atomic E-state index is -0.318. The number of amides is 2. The van der Waals surface area contributed by atoms with Crippen LogP contribution in [0.3, 0.4) is 0 Å². The van der Waals surface area contributed by atoms with E-state index in [1.165, 1.54) is 6.92 Å². The van der Waals surface area contributed by atoms with E-state index in [2.05, 4.69) is 15.3 Å². The molecular formula is C22H22N4O2. The molecule has 2 atom stereocenters. The summed E-state index contributed by atoms with van der Waals surface area (Å²) in [4.78, 5) is 34.3. The molecule has 2 N–H and O–H groups in total. The SMILES string of the molecule is CC(=O)N1C=Cc2ccccc2[C@H]1CC(=O)N[C@H](C)c1nc2ccccc2[nH]1. The van der Waals surface area contributed by atoms with Gasteiger partial charge in [0, 0.05) is 13.1 Å². The maximum Gasteiger partial charge on any atom is 0.223 e. The molecule has 1 aromatic heterocycles. The Morgan fingerprint density at radius 2 is 1.93 bits per heavy atom. The maximum atomic E-state index is 12.8. The average Bonchev–Trinajstić information content (AvgIpc) is 3.12. The second-order valence-electron chi connectivity index (χ2n) is 7.02. The summed E-state index contributed by atoms with van der Waals surface area (Å²) >= 11 is 0. The Balaban J connectivity index is 1.51. The molecule has 142 valence electrons. The van der Waals surface area contributed by atoms with Crippen LogP contribution in [0.15, 0.2) is 54.7 Å². The van der Waals surface area contributed by atoms with Crippen LogP contribution in [-0.4, -0.2) is 26.7 Å².